The van der Waals surface area contributed by atoms with Crippen LogP contribution < -0.4 is 5.73 Å². The van der Waals surface area contributed by atoms with Crippen LogP contribution in [0.1, 0.15) is 16.6 Å². The van der Waals surface area contributed by atoms with E-state index in [9.17, 15) is 4.39 Å². The number of fused-ring (bicyclic) bond motifs is 1. The quantitative estimate of drug-likeness (QED) is 0.782. The van der Waals surface area contributed by atoms with Gasteiger partial charge < -0.3 is 5.73 Å². The van der Waals surface area contributed by atoms with E-state index in [0.29, 0.717) is 11.4 Å². The Morgan fingerprint density at radius 1 is 1.25 bits per heavy atom. The summed E-state index contributed by atoms with van der Waals surface area (Å²) in [7, 11) is 0. The zero-order chi connectivity index (χ0) is 14.1. The van der Waals surface area contributed by atoms with Gasteiger partial charge in [0, 0.05) is 5.02 Å². The minimum Gasteiger partial charge on any atom is -0.322 e. The summed E-state index contributed by atoms with van der Waals surface area (Å²) in [6.07, 6.45) is 0.511. The van der Waals surface area contributed by atoms with Gasteiger partial charge in [-0.05, 0) is 42.3 Å². The van der Waals surface area contributed by atoms with Crippen LogP contribution in [0.4, 0.5) is 4.39 Å². The van der Waals surface area contributed by atoms with Gasteiger partial charge in [0.15, 0.2) is 0 Å². The Hall–Kier alpha value is -1.49. The summed E-state index contributed by atoms with van der Waals surface area (Å²) < 4.78 is 14.4. The second-order valence-electron chi connectivity index (χ2n) is 4.61. The number of halogens is 2. The minimum atomic E-state index is -0.344. The lowest BCUT2D eigenvalue weighted by molar-refractivity contribution is 0.622. The summed E-state index contributed by atoms with van der Waals surface area (Å²) in [6.45, 7) is 0. The van der Waals surface area contributed by atoms with E-state index >= 15 is 0 Å². The van der Waals surface area contributed by atoms with E-state index in [2.05, 4.69) is 4.98 Å². The predicted octanol–water partition coefficient (Wildman–Crippen LogP) is 4.33. The summed E-state index contributed by atoms with van der Waals surface area (Å²) in [5.74, 6) is -0.344. The maximum absolute atomic E-state index is 13.3. The van der Waals surface area contributed by atoms with Crippen LogP contribution >= 0.6 is 22.9 Å². The van der Waals surface area contributed by atoms with Gasteiger partial charge in [0.05, 0.1) is 16.3 Å². The van der Waals surface area contributed by atoms with Crippen molar-refractivity contribution in [2.45, 2.75) is 12.5 Å². The highest BCUT2D eigenvalue weighted by molar-refractivity contribution is 7.18. The van der Waals surface area contributed by atoms with Gasteiger partial charge in [-0.3, -0.25) is 0 Å². The first-order valence-corrected chi connectivity index (χ1v) is 7.37. The van der Waals surface area contributed by atoms with Crippen LogP contribution in [0.25, 0.3) is 10.2 Å². The summed E-state index contributed by atoms with van der Waals surface area (Å²) in [4.78, 5) is 4.52. The van der Waals surface area contributed by atoms with Crippen LogP contribution in [0.5, 0.6) is 0 Å². The molecule has 0 aliphatic rings. The van der Waals surface area contributed by atoms with Gasteiger partial charge in [-0.15, -0.1) is 11.3 Å². The first-order valence-electron chi connectivity index (χ1n) is 6.18. The van der Waals surface area contributed by atoms with Gasteiger partial charge in [-0.2, -0.15) is 0 Å². The fourth-order valence-corrected chi connectivity index (χ4v) is 3.33. The van der Waals surface area contributed by atoms with E-state index in [0.717, 1.165) is 20.8 Å². The Morgan fingerprint density at radius 2 is 2.05 bits per heavy atom. The highest BCUT2D eigenvalue weighted by Gasteiger charge is 2.13. The molecule has 0 bridgehead atoms. The molecule has 0 aliphatic heterocycles. The van der Waals surface area contributed by atoms with Crippen LogP contribution in [0, 0.1) is 5.82 Å². The molecule has 0 spiro atoms. The molecule has 3 rings (SSSR count). The van der Waals surface area contributed by atoms with Gasteiger partial charge in [-0.1, -0.05) is 23.7 Å². The zero-order valence-corrected chi connectivity index (χ0v) is 12.1. The summed E-state index contributed by atoms with van der Waals surface area (Å²) >= 11 is 7.42. The van der Waals surface area contributed by atoms with Gasteiger partial charge in [0.2, 0.25) is 0 Å². The number of para-hydroxylation sites is 1. The molecule has 3 aromatic rings. The van der Waals surface area contributed by atoms with Crippen molar-refractivity contribution in [2.75, 3.05) is 0 Å². The Labute approximate surface area is 125 Å². The van der Waals surface area contributed by atoms with Crippen molar-refractivity contribution in [2.24, 2.45) is 5.73 Å². The molecule has 1 unspecified atom stereocenters. The molecule has 102 valence electrons. The maximum atomic E-state index is 13.3. The molecular weight excluding hydrogens is 295 g/mol. The Bertz CT molecular complexity index is 703. The number of aromatic nitrogens is 1. The van der Waals surface area contributed by atoms with Crippen molar-refractivity contribution in [1.29, 1.82) is 0 Å². The zero-order valence-electron chi connectivity index (χ0n) is 10.5. The summed E-state index contributed by atoms with van der Waals surface area (Å²) in [5.41, 5.74) is 7.90. The van der Waals surface area contributed by atoms with E-state index in [1.54, 1.807) is 17.4 Å². The molecule has 0 saturated heterocycles. The number of nitrogens with two attached hydrogens (primary N) is 1. The molecule has 2 N–H and O–H groups in total. The number of benzene rings is 2. The molecule has 1 heterocycles. The predicted molar refractivity (Wildman–Crippen MR) is 81.7 cm³/mol. The highest BCUT2D eigenvalue weighted by Crippen LogP contribution is 2.27. The molecule has 0 saturated carbocycles. The number of rotatable bonds is 3. The number of thiazole rings is 1. The van der Waals surface area contributed by atoms with E-state index in [1.165, 1.54) is 12.1 Å². The van der Waals surface area contributed by atoms with Gasteiger partial charge in [0.25, 0.3) is 0 Å². The summed E-state index contributed by atoms with van der Waals surface area (Å²) in [5, 5.41) is 1.24. The lowest BCUT2D eigenvalue weighted by atomic mass is 10.1. The Morgan fingerprint density at radius 3 is 2.80 bits per heavy atom. The van der Waals surface area contributed by atoms with E-state index in [4.69, 9.17) is 17.3 Å². The normalized spacial score (nSPS) is 12.8. The van der Waals surface area contributed by atoms with Crippen LogP contribution in [0.3, 0.4) is 0 Å². The standard InChI is InChI=1S/C15H12ClFN2S/c16-10-5-9(6-11(17)8-10)7-12(18)15-19-13-3-1-2-4-14(13)20-15/h1-6,8,12H,7,18H2. The maximum Gasteiger partial charge on any atom is 0.124 e. The molecule has 2 aromatic carbocycles. The molecular formula is C15H12ClFN2S. The second kappa shape index (κ2) is 5.48. The fourth-order valence-electron chi connectivity index (χ4n) is 2.12. The van der Waals surface area contributed by atoms with Gasteiger partial charge in [0.1, 0.15) is 10.8 Å². The third kappa shape index (κ3) is 2.82. The topological polar surface area (TPSA) is 38.9 Å². The lowest BCUT2D eigenvalue weighted by Gasteiger charge is -2.08. The smallest absolute Gasteiger partial charge is 0.124 e. The molecule has 0 aliphatic carbocycles. The fraction of sp³-hybridized carbons (Fsp3) is 0.133. The molecule has 1 atom stereocenters. The molecule has 0 amide bonds. The lowest BCUT2D eigenvalue weighted by Crippen LogP contribution is -2.13. The van der Waals surface area contributed by atoms with Crippen molar-refractivity contribution < 1.29 is 4.39 Å². The average Bonchev–Trinajstić information content (AvgIpc) is 2.81. The van der Waals surface area contributed by atoms with Crippen molar-refractivity contribution in [1.82, 2.24) is 4.98 Å². The minimum absolute atomic E-state index is 0.259. The van der Waals surface area contributed by atoms with Crippen molar-refractivity contribution in [3.8, 4) is 0 Å². The van der Waals surface area contributed by atoms with Gasteiger partial charge >= 0.3 is 0 Å². The van der Waals surface area contributed by atoms with Crippen LogP contribution in [-0.2, 0) is 6.42 Å². The summed E-state index contributed by atoms with van der Waals surface area (Å²) in [6, 6.07) is 12.1. The molecule has 0 radical (unpaired) electrons. The van der Waals surface area contributed by atoms with Gasteiger partial charge in [-0.25, -0.2) is 9.37 Å². The van der Waals surface area contributed by atoms with Crippen LogP contribution in [-0.4, -0.2) is 4.98 Å². The molecule has 1 aromatic heterocycles. The number of nitrogens with zero attached hydrogens (tertiary/aromatic N) is 1. The third-order valence-electron chi connectivity index (χ3n) is 3.01. The number of hydrogen-bond donors (Lipinski definition) is 1. The molecule has 2 nitrogen and oxygen atoms in total. The van der Waals surface area contributed by atoms with Crippen molar-refractivity contribution >= 4 is 33.2 Å². The first-order chi connectivity index (χ1) is 9.61. The van der Waals surface area contributed by atoms with Crippen molar-refractivity contribution in [3.63, 3.8) is 0 Å². The first kappa shape index (κ1) is 13.5. The average molecular weight is 307 g/mol. The Kier molecular flexibility index (Phi) is 3.70. The SMILES string of the molecule is NC(Cc1cc(F)cc(Cl)c1)c1nc2ccccc2s1. The monoisotopic (exact) mass is 306 g/mol. The number of hydrogen-bond acceptors (Lipinski definition) is 3. The van der Waals surface area contributed by atoms with Crippen LogP contribution in [0.15, 0.2) is 42.5 Å². The van der Waals surface area contributed by atoms with Crippen LogP contribution in [0.2, 0.25) is 5.02 Å². The highest BCUT2D eigenvalue weighted by atomic mass is 35.5. The molecule has 0 fully saturated rings. The third-order valence-corrected chi connectivity index (χ3v) is 4.39. The molecule has 5 heteroatoms. The van der Waals surface area contributed by atoms with E-state index in [1.807, 2.05) is 24.3 Å². The van der Waals surface area contributed by atoms with Crippen molar-refractivity contribution in [3.05, 3.63) is 63.9 Å². The largest absolute Gasteiger partial charge is 0.322 e. The molecule has 20 heavy (non-hydrogen) atoms. The second-order valence-corrected chi connectivity index (χ2v) is 6.11. The van der Waals surface area contributed by atoms with E-state index < -0.39 is 0 Å². The van der Waals surface area contributed by atoms with E-state index in [-0.39, 0.29) is 11.9 Å². The Balaban J connectivity index is 1.86.